The first-order valence-corrected chi connectivity index (χ1v) is 17.7. The first kappa shape index (κ1) is 21.2. The fraction of sp³-hybridized carbons (Fsp3) is 0.692. The van der Waals surface area contributed by atoms with Crippen LogP contribution in [0, 0.1) is 11.8 Å². The highest BCUT2D eigenvalue weighted by Crippen LogP contribution is 2.49. The van der Waals surface area contributed by atoms with Gasteiger partial charge in [-0.3, -0.25) is 0 Å². The maximum absolute atomic E-state index is 7.25. The summed E-state index contributed by atoms with van der Waals surface area (Å²) in [5.74, 6) is 1.67. The predicted molar refractivity (Wildman–Crippen MR) is 131 cm³/mol. The van der Waals surface area contributed by atoms with Crippen LogP contribution in [0.2, 0.25) is 5.54 Å². The first-order chi connectivity index (χ1) is 14.8. The Kier molecular flexibility index (Phi) is 6.66. The quantitative estimate of drug-likeness (QED) is 0.447. The topological polar surface area (TPSA) is 18.5 Å². The van der Waals surface area contributed by atoms with Gasteiger partial charge in [0.1, 0.15) is 0 Å². The zero-order valence-electron chi connectivity index (χ0n) is 18.9. The normalized spacial score (nSPS) is 27.7. The van der Waals surface area contributed by atoms with Crippen LogP contribution in [0.15, 0.2) is 30.3 Å². The van der Waals surface area contributed by atoms with E-state index in [2.05, 4.69) is 43.5 Å². The Labute approximate surface area is 186 Å². The molecule has 164 valence electrons. The third-order valence-corrected chi connectivity index (χ3v) is 20.0. The molecule has 0 N–H and O–H groups in total. The lowest BCUT2D eigenvalue weighted by Gasteiger charge is -2.42. The lowest BCUT2D eigenvalue weighted by atomic mass is 9.89. The summed E-state index contributed by atoms with van der Waals surface area (Å²) in [5.41, 5.74) is 4.27. The maximum atomic E-state index is 7.25. The zero-order chi connectivity index (χ0) is 20.4. The summed E-state index contributed by atoms with van der Waals surface area (Å²) >= 11 is 0. The van der Waals surface area contributed by atoms with Gasteiger partial charge >= 0.3 is 0 Å². The highest BCUT2D eigenvalue weighted by molar-refractivity contribution is 7.20. The van der Waals surface area contributed by atoms with Gasteiger partial charge in [-0.05, 0) is 54.2 Å². The van der Waals surface area contributed by atoms with E-state index in [4.69, 9.17) is 8.85 Å². The molecule has 4 aliphatic rings. The number of allylic oxidation sites excluding steroid dienone is 1. The molecule has 4 heteroatoms. The van der Waals surface area contributed by atoms with Gasteiger partial charge in [-0.15, -0.1) is 0 Å². The molecular weight excluding hydrogens is 400 g/mol. The van der Waals surface area contributed by atoms with E-state index in [9.17, 15) is 0 Å². The molecule has 0 aromatic heterocycles. The number of benzene rings is 1. The van der Waals surface area contributed by atoms with E-state index in [1.807, 2.05) is 0 Å². The molecular formula is C26H40O2Si2. The van der Waals surface area contributed by atoms with Gasteiger partial charge in [0.2, 0.25) is 7.83 Å². The van der Waals surface area contributed by atoms with Crippen LogP contribution < -0.4 is 0 Å². The van der Waals surface area contributed by atoms with Crippen LogP contribution in [0.1, 0.15) is 93.7 Å². The van der Waals surface area contributed by atoms with E-state index in [1.165, 1.54) is 88.2 Å². The number of hydrogen-bond acceptors (Lipinski definition) is 2. The van der Waals surface area contributed by atoms with Gasteiger partial charge in [0.05, 0.1) is 0 Å². The van der Waals surface area contributed by atoms with Crippen molar-refractivity contribution in [3.05, 3.63) is 41.5 Å². The van der Waals surface area contributed by atoms with Crippen molar-refractivity contribution in [2.45, 2.75) is 94.2 Å². The average Bonchev–Trinajstić information content (AvgIpc) is 3.58. The summed E-state index contributed by atoms with van der Waals surface area (Å²) in [7, 11) is -0.667. The average molecular weight is 441 g/mol. The van der Waals surface area contributed by atoms with Crippen molar-refractivity contribution in [1.29, 1.82) is 0 Å². The highest BCUT2D eigenvalue weighted by Gasteiger charge is 2.52. The number of rotatable bonds is 8. The Bertz CT molecular complexity index is 716. The minimum absolute atomic E-state index is 0.515. The SMILES string of the molecule is CO[Si]([SiH2]OC(C1CCCC1)C1CCCC1)(C1CCCC1)C1C=Cc2ccccc21. The molecule has 0 spiro atoms. The summed E-state index contributed by atoms with van der Waals surface area (Å²) in [4.78, 5) is 0. The Balaban J connectivity index is 1.42. The van der Waals surface area contributed by atoms with E-state index >= 15 is 0 Å². The smallest absolute Gasteiger partial charge is 0.217 e. The summed E-state index contributed by atoms with van der Waals surface area (Å²) < 4.78 is 14.0. The van der Waals surface area contributed by atoms with Crippen molar-refractivity contribution < 1.29 is 8.85 Å². The summed E-state index contributed by atoms with van der Waals surface area (Å²) in [6, 6.07) is 9.07. The van der Waals surface area contributed by atoms with E-state index in [0.717, 1.165) is 17.4 Å². The fourth-order valence-corrected chi connectivity index (χ4v) is 17.8. The molecule has 5 rings (SSSR count). The van der Waals surface area contributed by atoms with Crippen molar-refractivity contribution in [2.75, 3.05) is 7.11 Å². The number of fused-ring (bicyclic) bond motifs is 1. The Morgan fingerprint density at radius 3 is 2.10 bits per heavy atom. The summed E-state index contributed by atoms with van der Waals surface area (Å²) in [5, 5.41) is 0. The monoisotopic (exact) mass is 440 g/mol. The molecule has 2 atom stereocenters. The van der Waals surface area contributed by atoms with Crippen LogP contribution in [0.4, 0.5) is 0 Å². The van der Waals surface area contributed by atoms with Crippen LogP contribution in [0.25, 0.3) is 6.08 Å². The van der Waals surface area contributed by atoms with Crippen LogP contribution in [-0.2, 0) is 8.85 Å². The third-order valence-electron chi connectivity index (χ3n) is 8.98. The zero-order valence-corrected chi connectivity index (χ0v) is 21.3. The molecule has 0 saturated heterocycles. The van der Waals surface area contributed by atoms with E-state index in [1.54, 1.807) is 0 Å². The number of hydrogen-bond donors (Lipinski definition) is 0. The van der Waals surface area contributed by atoms with Gasteiger partial charge in [-0.25, -0.2) is 0 Å². The molecule has 0 radical (unpaired) electrons. The fourth-order valence-electron chi connectivity index (χ4n) is 7.36. The van der Waals surface area contributed by atoms with Crippen molar-refractivity contribution in [2.24, 2.45) is 11.8 Å². The molecule has 2 nitrogen and oxygen atoms in total. The first-order valence-electron chi connectivity index (χ1n) is 12.8. The molecule has 0 bridgehead atoms. The Hall–Kier alpha value is -0.686. The van der Waals surface area contributed by atoms with Crippen molar-refractivity contribution >= 4 is 23.2 Å². The second-order valence-electron chi connectivity index (χ2n) is 10.5. The van der Waals surface area contributed by atoms with Gasteiger partial charge in [0.15, 0.2) is 9.28 Å². The molecule has 2 unspecified atom stereocenters. The van der Waals surface area contributed by atoms with Crippen LogP contribution in [0.5, 0.6) is 0 Å². The Morgan fingerprint density at radius 2 is 1.47 bits per heavy atom. The lowest BCUT2D eigenvalue weighted by molar-refractivity contribution is 0.0844. The summed E-state index contributed by atoms with van der Waals surface area (Å²) in [6.07, 6.45) is 22.3. The van der Waals surface area contributed by atoms with Crippen molar-refractivity contribution in [3.63, 3.8) is 0 Å². The van der Waals surface area contributed by atoms with Gasteiger partial charge in [0, 0.05) is 18.8 Å². The molecule has 1 aromatic carbocycles. The molecule has 4 aliphatic carbocycles. The standard InChI is InChI=1S/C26H40O2Si2/c1-27-30(23-15-7-8-16-23,25-19-18-20-10-6-9-17-24(20)25)29-28-26(21-11-2-3-12-21)22-13-4-5-14-22/h6,9-10,17-19,21-23,25-26H,2-5,7-8,11-16,29H2,1H3. The predicted octanol–water partition coefficient (Wildman–Crippen LogP) is 6.22. The Morgan fingerprint density at radius 1 is 0.867 bits per heavy atom. The third kappa shape index (κ3) is 3.94. The van der Waals surface area contributed by atoms with E-state index in [0.29, 0.717) is 11.6 Å². The minimum Gasteiger partial charge on any atom is -0.421 e. The van der Waals surface area contributed by atoms with Gasteiger partial charge in [-0.1, -0.05) is 87.8 Å². The molecule has 0 aliphatic heterocycles. The summed E-state index contributed by atoms with van der Waals surface area (Å²) in [6.45, 7) is 0. The molecule has 1 aromatic rings. The van der Waals surface area contributed by atoms with Crippen LogP contribution >= 0.6 is 0 Å². The van der Waals surface area contributed by atoms with E-state index in [-0.39, 0.29) is 0 Å². The van der Waals surface area contributed by atoms with Gasteiger partial charge in [-0.2, -0.15) is 0 Å². The molecule has 3 saturated carbocycles. The maximum Gasteiger partial charge on any atom is 0.217 e. The second-order valence-corrected chi connectivity index (χ2v) is 19.0. The van der Waals surface area contributed by atoms with Crippen LogP contribution in [0.3, 0.4) is 0 Å². The van der Waals surface area contributed by atoms with Gasteiger partial charge in [0.25, 0.3) is 0 Å². The van der Waals surface area contributed by atoms with Crippen LogP contribution in [-0.4, -0.2) is 30.3 Å². The molecule has 30 heavy (non-hydrogen) atoms. The van der Waals surface area contributed by atoms with Crippen molar-refractivity contribution in [3.8, 4) is 0 Å². The minimum atomic E-state index is -1.99. The lowest BCUT2D eigenvalue weighted by Crippen LogP contribution is -2.56. The largest absolute Gasteiger partial charge is 0.421 e. The molecule has 0 amide bonds. The second kappa shape index (κ2) is 9.44. The van der Waals surface area contributed by atoms with Gasteiger partial charge < -0.3 is 8.85 Å². The molecule has 0 heterocycles. The van der Waals surface area contributed by atoms with E-state index < -0.39 is 17.1 Å². The highest BCUT2D eigenvalue weighted by atomic mass is 29.2. The van der Waals surface area contributed by atoms with Crippen molar-refractivity contribution in [1.82, 2.24) is 0 Å². The molecule has 3 fully saturated rings.